The van der Waals surface area contributed by atoms with Crippen LogP contribution in [0.2, 0.25) is 0 Å². The van der Waals surface area contributed by atoms with Gasteiger partial charge in [-0.05, 0) is 19.2 Å². The van der Waals surface area contributed by atoms with Gasteiger partial charge in [0.05, 0.1) is 12.5 Å². The van der Waals surface area contributed by atoms with E-state index < -0.39 is 6.10 Å². The summed E-state index contributed by atoms with van der Waals surface area (Å²) in [6, 6.07) is 7.51. The lowest BCUT2D eigenvalue weighted by Crippen LogP contribution is -2.49. The largest absolute Gasteiger partial charge is 0.390 e. The zero-order valence-electron chi connectivity index (χ0n) is 14.9. The van der Waals surface area contributed by atoms with Gasteiger partial charge >= 0.3 is 0 Å². The van der Waals surface area contributed by atoms with E-state index >= 15 is 0 Å². The monoisotopic (exact) mass is 346 g/mol. The standard InChI is InChI=1S/C18H26N4O3/c1-20-7-9-22(10-8-20)13-14(23)12-21(2)18(24)11-16-15-5-3-4-6-17(15)25-19-16/h3-6,14,23H,7-13H2,1-2H3. The average Bonchev–Trinajstić information content (AvgIpc) is 3.00. The number of nitrogens with zero attached hydrogens (tertiary/aromatic N) is 4. The van der Waals surface area contributed by atoms with Crippen molar-refractivity contribution in [3.05, 3.63) is 30.0 Å². The van der Waals surface area contributed by atoms with Gasteiger partial charge in [0.1, 0.15) is 5.69 Å². The van der Waals surface area contributed by atoms with E-state index in [4.69, 9.17) is 4.52 Å². The fourth-order valence-corrected chi connectivity index (χ4v) is 3.15. The topological polar surface area (TPSA) is 73.1 Å². The lowest BCUT2D eigenvalue weighted by atomic mass is 10.1. The molecule has 0 aliphatic carbocycles. The summed E-state index contributed by atoms with van der Waals surface area (Å²) in [5.41, 5.74) is 1.32. The molecule has 1 unspecified atom stereocenters. The molecule has 2 heterocycles. The van der Waals surface area contributed by atoms with Gasteiger partial charge in [0.25, 0.3) is 0 Å². The fraction of sp³-hybridized carbons (Fsp3) is 0.556. The van der Waals surface area contributed by atoms with Crippen molar-refractivity contribution < 1.29 is 14.4 Å². The van der Waals surface area contributed by atoms with E-state index in [-0.39, 0.29) is 12.3 Å². The number of β-amino-alcohol motifs (C(OH)–C–C–N with tert-alkyl or cyclic N) is 1. The zero-order chi connectivity index (χ0) is 17.8. The second-order valence-electron chi connectivity index (χ2n) is 6.83. The van der Waals surface area contributed by atoms with Crippen molar-refractivity contribution >= 4 is 16.9 Å². The summed E-state index contributed by atoms with van der Waals surface area (Å²) in [5.74, 6) is -0.0727. The van der Waals surface area contributed by atoms with E-state index in [0.29, 0.717) is 24.4 Å². The SMILES string of the molecule is CN1CCN(CC(O)CN(C)C(=O)Cc2noc3ccccc23)CC1. The van der Waals surface area contributed by atoms with Crippen LogP contribution in [-0.2, 0) is 11.2 Å². The molecule has 1 saturated heterocycles. The van der Waals surface area contributed by atoms with Crippen LogP contribution in [0.15, 0.2) is 28.8 Å². The summed E-state index contributed by atoms with van der Waals surface area (Å²) in [4.78, 5) is 18.5. The molecule has 1 fully saturated rings. The Bertz CT molecular complexity index is 709. The maximum absolute atomic E-state index is 12.4. The van der Waals surface area contributed by atoms with Crippen molar-refractivity contribution in [2.45, 2.75) is 12.5 Å². The molecule has 1 aliphatic rings. The van der Waals surface area contributed by atoms with E-state index in [1.54, 1.807) is 11.9 Å². The molecule has 0 radical (unpaired) electrons. The van der Waals surface area contributed by atoms with Gasteiger partial charge in [-0.25, -0.2) is 0 Å². The number of fused-ring (bicyclic) bond motifs is 1. The highest BCUT2D eigenvalue weighted by molar-refractivity contribution is 5.86. The molecule has 1 aromatic heterocycles. The maximum Gasteiger partial charge on any atom is 0.228 e. The van der Waals surface area contributed by atoms with Crippen LogP contribution in [0.4, 0.5) is 0 Å². The van der Waals surface area contributed by atoms with Gasteiger partial charge in [-0.2, -0.15) is 0 Å². The van der Waals surface area contributed by atoms with Gasteiger partial charge in [0.2, 0.25) is 5.91 Å². The second kappa shape index (κ2) is 7.95. The molecule has 2 aromatic rings. The normalized spacial score (nSPS) is 17.7. The molecule has 1 N–H and O–H groups in total. The van der Waals surface area contributed by atoms with Crippen molar-refractivity contribution in [2.24, 2.45) is 0 Å². The molecular formula is C18H26N4O3. The molecule has 0 bridgehead atoms. The molecular weight excluding hydrogens is 320 g/mol. The molecule has 0 saturated carbocycles. The number of likely N-dealkylation sites (N-methyl/N-ethyl adjacent to an activating group) is 2. The molecule has 7 heteroatoms. The number of piperazine rings is 1. The number of benzene rings is 1. The number of aromatic nitrogens is 1. The van der Waals surface area contributed by atoms with Crippen LogP contribution < -0.4 is 0 Å². The number of amides is 1. The lowest BCUT2D eigenvalue weighted by molar-refractivity contribution is -0.130. The van der Waals surface area contributed by atoms with Crippen LogP contribution in [0.5, 0.6) is 0 Å². The molecule has 25 heavy (non-hydrogen) atoms. The molecule has 3 rings (SSSR count). The fourth-order valence-electron chi connectivity index (χ4n) is 3.15. The van der Waals surface area contributed by atoms with Crippen LogP contribution in [0.3, 0.4) is 0 Å². The summed E-state index contributed by atoms with van der Waals surface area (Å²) in [6.45, 7) is 4.85. The van der Waals surface area contributed by atoms with Gasteiger partial charge in [-0.15, -0.1) is 0 Å². The summed E-state index contributed by atoms with van der Waals surface area (Å²) >= 11 is 0. The number of hydrogen-bond acceptors (Lipinski definition) is 6. The van der Waals surface area contributed by atoms with Crippen LogP contribution in [-0.4, -0.2) is 90.3 Å². The molecule has 1 atom stereocenters. The number of carbonyl (C=O) groups excluding carboxylic acids is 1. The van der Waals surface area contributed by atoms with E-state index in [0.717, 1.165) is 31.6 Å². The number of aliphatic hydroxyl groups excluding tert-OH is 1. The number of hydrogen-bond donors (Lipinski definition) is 1. The highest BCUT2D eigenvalue weighted by atomic mass is 16.5. The van der Waals surface area contributed by atoms with Crippen molar-refractivity contribution in [3.8, 4) is 0 Å². The summed E-state index contributed by atoms with van der Waals surface area (Å²) in [5, 5.41) is 15.2. The minimum atomic E-state index is -0.550. The molecule has 0 spiro atoms. The van der Waals surface area contributed by atoms with E-state index in [9.17, 15) is 9.90 Å². The lowest BCUT2D eigenvalue weighted by Gasteiger charge is -2.34. The Balaban J connectivity index is 1.50. The average molecular weight is 346 g/mol. The Hall–Kier alpha value is -1.96. The van der Waals surface area contributed by atoms with Crippen molar-refractivity contribution in [1.82, 2.24) is 19.9 Å². The Morgan fingerprint density at radius 1 is 1.32 bits per heavy atom. The third-order valence-corrected chi connectivity index (χ3v) is 4.75. The van der Waals surface area contributed by atoms with Crippen molar-refractivity contribution in [2.75, 3.05) is 53.4 Å². The number of carbonyl (C=O) groups is 1. The Labute approximate surface area is 147 Å². The van der Waals surface area contributed by atoms with Crippen molar-refractivity contribution in [1.29, 1.82) is 0 Å². The predicted molar refractivity (Wildman–Crippen MR) is 95.3 cm³/mol. The summed E-state index contributed by atoms with van der Waals surface area (Å²) in [7, 11) is 3.83. The Morgan fingerprint density at radius 3 is 2.80 bits per heavy atom. The van der Waals surface area contributed by atoms with E-state index in [2.05, 4.69) is 22.0 Å². The van der Waals surface area contributed by atoms with Gasteiger partial charge < -0.3 is 19.4 Å². The minimum absolute atomic E-state index is 0.0727. The van der Waals surface area contributed by atoms with Gasteiger partial charge in [0, 0.05) is 51.7 Å². The van der Waals surface area contributed by atoms with Gasteiger partial charge in [0.15, 0.2) is 5.58 Å². The first-order valence-electron chi connectivity index (χ1n) is 8.69. The van der Waals surface area contributed by atoms with Crippen LogP contribution in [0.1, 0.15) is 5.69 Å². The smallest absolute Gasteiger partial charge is 0.228 e. The number of rotatable bonds is 6. The third kappa shape index (κ3) is 4.56. The first kappa shape index (κ1) is 17.8. The summed E-state index contributed by atoms with van der Waals surface area (Å²) < 4.78 is 5.24. The number of para-hydroxylation sites is 1. The van der Waals surface area contributed by atoms with Crippen LogP contribution >= 0.6 is 0 Å². The van der Waals surface area contributed by atoms with Gasteiger partial charge in [-0.1, -0.05) is 17.3 Å². The van der Waals surface area contributed by atoms with Gasteiger partial charge in [-0.3, -0.25) is 9.69 Å². The minimum Gasteiger partial charge on any atom is -0.390 e. The Kier molecular flexibility index (Phi) is 5.67. The maximum atomic E-state index is 12.4. The molecule has 1 amide bonds. The predicted octanol–water partition coefficient (Wildman–Crippen LogP) is 0.437. The second-order valence-corrected chi connectivity index (χ2v) is 6.83. The zero-order valence-corrected chi connectivity index (χ0v) is 14.9. The molecule has 1 aromatic carbocycles. The highest BCUT2D eigenvalue weighted by Crippen LogP contribution is 2.18. The first-order valence-corrected chi connectivity index (χ1v) is 8.69. The highest BCUT2D eigenvalue weighted by Gasteiger charge is 2.21. The quantitative estimate of drug-likeness (QED) is 0.818. The Morgan fingerprint density at radius 2 is 2.04 bits per heavy atom. The first-order chi connectivity index (χ1) is 12.0. The summed E-state index contributed by atoms with van der Waals surface area (Å²) in [6.07, 6.45) is -0.374. The number of aliphatic hydroxyl groups is 1. The molecule has 136 valence electrons. The van der Waals surface area contributed by atoms with E-state index in [1.807, 2.05) is 24.3 Å². The van der Waals surface area contributed by atoms with Crippen LogP contribution in [0, 0.1) is 0 Å². The molecule has 7 nitrogen and oxygen atoms in total. The molecule has 1 aliphatic heterocycles. The van der Waals surface area contributed by atoms with E-state index in [1.165, 1.54) is 0 Å². The third-order valence-electron chi connectivity index (χ3n) is 4.75. The van der Waals surface area contributed by atoms with Crippen LogP contribution in [0.25, 0.3) is 11.0 Å². The van der Waals surface area contributed by atoms with Crippen molar-refractivity contribution in [3.63, 3.8) is 0 Å².